The number of carbonyl (C=O) groups excluding carboxylic acids is 1. The summed E-state index contributed by atoms with van der Waals surface area (Å²) in [6, 6.07) is 2.31. The van der Waals surface area contributed by atoms with Crippen LogP contribution in [0, 0.1) is 0 Å². The highest BCUT2D eigenvalue weighted by Crippen LogP contribution is 2.17. The van der Waals surface area contributed by atoms with E-state index < -0.39 is 0 Å². The first kappa shape index (κ1) is 10.4. The van der Waals surface area contributed by atoms with Gasteiger partial charge in [0, 0.05) is 19.3 Å². The Morgan fingerprint density at radius 1 is 1.60 bits per heavy atom. The third kappa shape index (κ3) is 2.45. The molecule has 2 rings (SSSR count). The smallest absolute Gasteiger partial charge is 0.194 e. The normalized spacial score (nSPS) is 17.1. The van der Waals surface area contributed by atoms with Crippen LogP contribution in [0.25, 0.3) is 0 Å². The zero-order chi connectivity index (χ0) is 10.7. The summed E-state index contributed by atoms with van der Waals surface area (Å²) >= 11 is 0. The van der Waals surface area contributed by atoms with E-state index in [-0.39, 0.29) is 5.78 Å². The van der Waals surface area contributed by atoms with E-state index in [9.17, 15) is 4.79 Å². The van der Waals surface area contributed by atoms with E-state index in [1.165, 1.54) is 25.7 Å². The summed E-state index contributed by atoms with van der Waals surface area (Å²) in [5.74, 6) is 0.127. The van der Waals surface area contributed by atoms with Crippen molar-refractivity contribution in [1.82, 2.24) is 15.1 Å². The lowest BCUT2D eigenvalue weighted by Crippen LogP contribution is -2.32. The molecule has 1 fully saturated rings. The fourth-order valence-electron chi connectivity index (χ4n) is 2.10. The lowest BCUT2D eigenvalue weighted by atomic mass is 10.2. The van der Waals surface area contributed by atoms with Crippen LogP contribution in [-0.4, -0.2) is 28.2 Å². The largest absolute Gasteiger partial charge is 0.307 e. The number of Topliss-reactive ketones (excluding diaryl/α,β-unsaturated/α-hetero) is 1. The van der Waals surface area contributed by atoms with Crippen molar-refractivity contribution in [3.63, 3.8) is 0 Å². The van der Waals surface area contributed by atoms with Crippen molar-refractivity contribution >= 4 is 5.78 Å². The van der Waals surface area contributed by atoms with E-state index in [0.29, 0.717) is 18.3 Å². The summed E-state index contributed by atoms with van der Waals surface area (Å²) in [5, 5.41) is 7.29. The lowest BCUT2D eigenvalue weighted by Gasteiger charge is -2.10. The quantitative estimate of drug-likeness (QED) is 0.753. The van der Waals surface area contributed by atoms with Gasteiger partial charge in [0.05, 0.1) is 6.54 Å². The zero-order valence-corrected chi connectivity index (χ0v) is 9.07. The Morgan fingerprint density at radius 2 is 2.33 bits per heavy atom. The van der Waals surface area contributed by atoms with Gasteiger partial charge in [-0.3, -0.25) is 9.48 Å². The molecule has 0 aliphatic heterocycles. The van der Waals surface area contributed by atoms with Crippen LogP contribution >= 0.6 is 0 Å². The van der Waals surface area contributed by atoms with Gasteiger partial charge in [-0.1, -0.05) is 12.8 Å². The van der Waals surface area contributed by atoms with Gasteiger partial charge in [0.1, 0.15) is 5.69 Å². The Morgan fingerprint density at radius 3 is 2.93 bits per heavy atom. The number of hydrogen-bond donors (Lipinski definition) is 1. The van der Waals surface area contributed by atoms with Crippen LogP contribution in [-0.2, 0) is 7.05 Å². The van der Waals surface area contributed by atoms with Gasteiger partial charge in [-0.05, 0) is 18.9 Å². The van der Waals surface area contributed by atoms with Gasteiger partial charge in [-0.2, -0.15) is 5.10 Å². The molecule has 1 aliphatic carbocycles. The molecule has 0 radical (unpaired) electrons. The highest BCUT2D eigenvalue weighted by molar-refractivity contribution is 5.96. The Balaban J connectivity index is 1.84. The van der Waals surface area contributed by atoms with E-state index in [4.69, 9.17) is 0 Å². The molecule has 1 aliphatic rings. The minimum Gasteiger partial charge on any atom is -0.307 e. The van der Waals surface area contributed by atoms with Gasteiger partial charge in [0.25, 0.3) is 0 Å². The number of hydrogen-bond acceptors (Lipinski definition) is 3. The second kappa shape index (κ2) is 4.57. The second-order valence-electron chi connectivity index (χ2n) is 4.13. The first-order valence-electron chi connectivity index (χ1n) is 5.52. The molecule has 4 heteroatoms. The highest BCUT2D eigenvalue weighted by atomic mass is 16.1. The first-order chi connectivity index (χ1) is 7.27. The van der Waals surface area contributed by atoms with E-state index >= 15 is 0 Å². The van der Waals surface area contributed by atoms with E-state index in [1.807, 2.05) is 0 Å². The highest BCUT2D eigenvalue weighted by Gasteiger charge is 2.16. The molecule has 4 nitrogen and oxygen atoms in total. The first-order valence-corrected chi connectivity index (χ1v) is 5.52. The summed E-state index contributed by atoms with van der Waals surface area (Å²) in [6.45, 7) is 0.435. The number of nitrogens with zero attached hydrogens (tertiary/aromatic N) is 2. The van der Waals surface area contributed by atoms with Crippen LogP contribution in [0.1, 0.15) is 36.2 Å². The molecule has 1 heterocycles. The van der Waals surface area contributed by atoms with Crippen molar-refractivity contribution in [2.75, 3.05) is 6.54 Å². The summed E-state index contributed by atoms with van der Waals surface area (Å²) in [5.41, 5.74) is 0.681. The third-order valence-corrected chi connectivity index (χ3v) is 3.01. The van der Waals surface area contributed by atoms with Gasteiger partial charge in [0.2, 0.25) is 0 Å². The average Bonchev–Trinajstić information content (AvgIpc) is 2.84. The monoisotopic (exact) mass is 207 g/mol. The predicted octanol–water partition coefficient (Wildman–Crippen LogP) is 1.13. The minimum absolute atomic E-state index is 0.127. The predicted molar refractivity (Wildman–Crippen MR) is 57.8 cm³/mol. The van der Waals surface area contributed by atoms with Crippen LogP contribution in [0.15, 0.2) is 12.3 Å². The molecular weight excluding hydrogens is 190 g/mol. The second-order valence-corrected chi connectivity index (χ2v) is 4.13. The molecule has 1 N–H and O–H groups in total. The molecule has 0 spiro atoms. The fraction of sp³-hybridized carbons (Fsp3) is 0.636. The summed E-state index contributed by atoms with van der Waals surface area (Å²) in [7, 11) is 1.79. The number of aromatic nitrogens is 2. The van der Waals surface area contributed by atoms with Gasteiger partial charge in [0.15, 0.2) is 5.78 Å². The van der Waals surface area contributed by atoms with E-state index in [1.54, 1.807) is 24.0 Å². The number of ketones is 1. The van der Waals surface area contributed by atoms with Crippen LogP contribution in [0.4, 0.5) is 0 Å². The van der Waals surface area contributed by atoms with Crippen molar-refractivity contribution in [3.05, 3.63) is 18.0 Å². The van der Waals surface area contributed by atoms with Crippen molar-refractivity contribution < 1.29 is 4.79 Å². The summed E-state index contributed by atoms with van der Waals surface area (Å²) in [4.78, 5) is 11.8. The molecule has 0 amide bonds. The molecule has 0 saturated heterocycles. The maximum absolute atomic E-state index is 11.8. The topological polar surface area (TPSA) is 46.9 Å². The van der Waals surface area contributed by atoms with Crippen molar-refractivity contribution in [2.24, 2.45) is 7.05 Å². The summed E-state index contributed by atoms with van der Waals surface area (Å²) < 4.78 is 1.62. The average molecular weight is 207 g/mol. The number of nitrogens with one attached hydrogen (secondary N) is 1. The Kier molecular flexibility index (Phi) is 3.16. The maximum atomic E-state index is 11.8. The van der Waals surface area contributed by atoms with Gasteiger partial charge >= 0.3 is 0 Å². The molecule has 0 unspecified atom stereocenters. The lowest BCUT2D eigenvalue weighted by molar-refractivity contribution is 0.0978. The molecule has 1 aromatic rings. The molecule has 0 aromatic carbocycles. The molecule has 0 bridgehead atoms. The summed E-state index contributed by atoms with van der Waals surface area (Å²) in [6.07, 6.45) is 6.65. The van der Waals surface area contributed by atoms with Gasteiger partial charge in [-0.15, -0.1) is 0 Å². The Labute approximate surface area is 89.7 Å². The van der Waals surface area contributed by atoms with Crippen molar-refractivity contribution in [3.8, 4) is 0 Å². The number of aryl methyl sites for hydroxylation is 1. The molecule has 82 valence electrons. The van der Waals surface area contributed by atoms with Crippen LogP contribution in [0.2, 0.25) is 0 Å². The molecule has 1 aromatic heterocycles. The molecular formula is C11H17N3O. The zero-order valence-electron chi connectivity index (χ0n) is 9.07. The van der Waals surface area contributed by atoms with Crippen LogP contribution in [0.3, 0.4) is 0 Å². The number of carbonyl (C=O) groups is 1. The standard InChI is InChI=1S/C11H17N3O/c1-14-10(6-7-13-14)11(15)8-12-9-4-2-3-5-9/h6-7,9,12H,2-5,8H2,1H3. The number of rotatable bonds is 4. The molecule has 0 atom stereocenters. The van der Waals surface area contributed by atoms with Crippen LogP contribution in [0.5, 0.6) is 0 Å². The van der Waals surface area contributed by atoms with Crippen LogP contribution < -0.4 is 5.32 Å². The minimum atomic E-state index is 0.127. The van der Waals surface area contributed by atoms with Gasteiger partial charge in [-0.25, -0.2) is 0 Å². The Hall–Kier alpha value is -1.16. The van der Waals surface area contributed by atoms with Crippen molar-refractivity contribution in [1.29, 1.82) is 0 Å². The van der Waals surface area contributed by atoms with E-state index in [2.05, 4.69) is 10.4 Å². The SMILES string of the molecule is Cn1nccc1C(=O)CNC1CCCC1. The van der Waals surface area contributed by atoms with E-state index in [0.717, 1.165) is 0 Å². The maximum Gasteiger partial charge on any atom is 0.194 e. The van der Waals surface area contributed by atoms with Gasteiger partial charge < -0.3 is 5.32 Å². The third-order valence-electron chi connectivity index (χ3n) is 3.01. The molecule has 1 saturated carbocycles. The van der Waals surface area contributed by atoms with Crippen molar-refractivity contribution in [2.45, 2.75) is 31.7 Å². The fourth-order valence-corrected chi connectivity index (χ4v) is 2.10. The Bertz CT molecular complexity index is 339. The molecule has 15 heavy (non-hydrogen) atoms.